The van der Waals surface area contributed by atoms with Gasteiger partial charge in [-0.2, -0.15) is 0 Å². The second-order valence-corrected chi connectivity index (χ2v) is 9.60. The summed E-state index contributed by atoms with van der Waals surface area (Å²) in [6, 6.07) is 14.8. The highest BCUT2D eigenvalue weighted by atomic mass is 16.5. The van der Waals surface area contributed by atoms with Crippen LogP contribution in [0.3, 0.4) is 0 Å². The molecule has 3 aromatic rings. The summed E-state index contributed by atoms with van der Waals surface area (Å²) >= 11 is 0. The number of ether oxygens (including phenoxy) is 2. The van der Waals surface area contributed by atoms with Crippen LogP contribution in [0.5, 0.6) is 11.5 Å². The molecule has 0 bridgehead atoms. The number of anilines is 1. The Balaban J connectivity index is 1.97. The average Bonchev–Trinajstić information content (AvgIpc) is 3.18. The predicted molar refractivity (Wildman–Crippen MR) is 147 cm³/mol. The molecule has 0 saturated carbocycles. The van der Waals surface area contributed by atoms with Crippen LogP contribution in [0.15, 0.2) is 66.2 Å². The van der Waals surface area contributed by atoms with E-state index in [1.165, 1.54) is 23.1 Å². The van der Waals surface area contributed by atoms with Crippen LogP contribution < -0.4 is 9.64 Å². The molecule has 3 aromatic carbocycles. The Morgan fingerprint density at radius 1 is 1.05 bits per heavy atom. The van der Waals surface area contributed by atoms with Crippen molar-refractivity contribution in [2.24, 2.45) is 0 Å². The van der Waals surface area contributed by atoms with Crippen molar-refractivity contribution in [2.45, 2.75) is 39.7 Å². The molecule has 8 heteroatoms. The summed E-state index contributed by atoms with van der Waals surface area (Å²) in [4.78, 5) is 40.7. The number of hydrogen-bond acceptors (Lipinski definition) is 7. The maximum absolute atomic E-state index is 13.6. The van der Waals surface area contributed by atoms with E-state index >= 15 is 0 Å². The molecule has 0 radical (unpaired) electrons. The van der Waals surface area contributed by atoms with Crippen LogP contribution in [-0.4, -0.2) is 41.6 Å². The maximum atomic E-state index is 13.6. The number of esters is 1. The number of aromatic hydroxyl groups is 1. The van der Waals surface area contributed by atoms with Crippen LogP contribution in [0, 0.1) is 6.92 Å². The molecule has 1 amide bonds. The molecule has 39 heavy (non-hydrogen) atoms. The summed E-state index contributed by atoms with van der Waals surface area (Å²) in [5.41, 5.74) is 2.63. The lowest BCUT2D eigenvalue weighted by molar-refractivity contribution is -0.132. The van der Waals surface area contributed by atoms with Gasteiger partial charge in [0.05, 0.1) is 30.9 Å². The van der Waals surface area contributed by atoms with Gasteiger partial charge in [-0.1, -0.05) is 32.0 Å². The van der Waals surface area contributed by atoms with Crippen LogP contribution in [0.25, 0.3) is 5.76 Å². The normalized spacial score (nSPS) is 16.6. The lowest BCUT2D eigenvalue weighted by Gasteiger charge is -2.26. The smallest absolute Gasteiger partial charge is 0.338 e. The molecule has 1 fully saturated rings. The summed E-state index contributed by atoms with van der Waals surface area (Å²) in [6.45, 7) is 7.62. The first-order chi connectivity index (χ1) is 18.6. The van der Waals surface area contributed by atoms with E-state index in [2.05, 4.69) is 0 Å². The van der Waals surface area contributed by atoms with Crippen molar-refractivity contribution in [3.63, 3.8) is 0 Å². The van der Waals surface area contributed by atoms with Crippen molar-refractivity contribution in [1.82, 2.24) is 0 Å². The molecule has 1 heterocycles. The molecule has 0 aliphatic carbocycles. The van der Waals surface area contributed by atoms with Crippen molar-refractivity contribution in [1.29, 1.82) is 0 Å². The van der Waals surface area contributed by atoms with Gasteiger partial charge < -0.3 is 19.7 Å². The Labute approximate surface area is 227 Å². The van der Waals surface area contributed by atoms with E-state index in [1.807, 2.05) is 13.8 Å². The van der Waals surface area contributed by atoms with E-state index in [0.29, 0.717) is 22.4 Å². The molecule has 8 nitrogen and oxygen atoms in total. The van der Waals surface area contributed by atoms with Gasteiger partial charge in [0.15, 0.2) is 0 Å². The average molecular weight is 530 g/mol. The summed E-state index contributed by atoms with van der Waals surface area (Å²) in [6.07, 6.45) is 0. The molecule has 1 atom stereocenters. The van der Waals surface area contributed by atoms with Gasteiger partial charge in [0.1, 0.15) is 17.3 Å². The van der Waals surface area contributed by atoms with Crippen LogP contribution >= 0.6 is 0 Å². The summed E-state index contributed by atoms with van der Waals surface area (Å²) < 4.78 is 10.6. The number of rotatable bonds is 7. The first kappa shape index (κ1) is 27.4. The number of aliphatic hydroxyl groups excluding tert-OH is 1. The zero-order valence-corrected chi connectivity index (χ0v) is 22.5. The highest BCUT2D eigenvalue weighted by molar-refractivity contribution is 6.51. The molecule has 1 saturated heterocycles. The van der Waals surface area contributed by atoms with Crippen LogP contribution in [0.1, 0.15) is 65.3 Å². The molecule has 0 spiro atoms. The molecule has 1 unspecified atom stereocenters. The highest BCUT2D eigenvalue weighted by Gasteiger charge is 2.47. The fraction of sp³-hybridized carbons (Fsp3) is 0.258. The molecule has 1 aliphatic rings. The largest absolute Gasteiger partial charge is 0.508 e. The fourth-order valence-electron chi connectivity index (χ4n) is 4.83. The quantitative estimate of drug-likeness (QED) is 0.176. The van der Waals surface area contributed by atoms with Gasteiger partial charge in [-0.05, 0) is 78.9 Å². The molecule has 202 valence electrons. The predicted octanol–water partition coefficient (Wildman–Crippen LogP) is 5.64. The SMILES string of the molecule is CCOC(=O)c1cccc(N2C(=O)C(=O)/C(=C(/O)c3cc(C(C)C)c(OC)cc3C)C2c2cccc(O)c2)c1. The number of phenols is 1. The van der Waals surface area contributed by atoms with E-state index in [1.54, 1.807) is 63.4 Å². The zero-order chi connectivity index (χ0) is 28.4. The van der Waals surface area contributed by atoms with Crippen LogP contribution in [-0.2, 0) is 14.3 Å². The minimum Gasteiger partial charge on any atom is -0.508 e. The van der Waals surface area contributed by atoms with E-state index in [-0.39, 0.29) is 40.9 Å². The molecular weight excluding hydrogens is 498 g/mol. The summed E-state index contributed by atoms with van der Waals surface area (Å²) in [5.74, 6) is -2.03. The number of phenolic OH excluding ortho intramolecular Hbond substituents is 1. The Hall–Kier alpha value is -4.59. The Bertz CT molecular complexity index is 1490. The van der Waals surface area contributed by atoms with Gasteiger partial charge in [-0.3, -0.25) is 14.5 Å². The van der Waals surface area contributed by atoms with Crippen LogP contribution in [0.2, 0.25) is 0 Å². The summed E-state index contributed by atoms with van der Waals surface area (Å²) in [5, 5.41) is 21.9. The number of Topliss-reactive ketones (excluding diaryl/α,β-unsaturated/α-hetero) is 1. The van der Waals surface area contributed by atoms with Crippen molar-refractivity contribution in [3.8, 4) is 11.5 Å². The minimum atomic E-state index is -1.07. The molecule has 0 aromatic heterocycles. The molecule has 2 N–H and O–H groups in total. The number of nitrogens with zero attached hydrogens (tertiary/aromatic N) is 1. The number of carbonyl (C=O) groups excluding carboxylic acids is 3. The number of benzene rings is 3. The fourth-order valence-corrected chi connectivity index (χ4v) is 4.83. The monoisotopic (exact) mass is 529 g/mol. The standard InChI is InChI=1S/C31H31NO7/c1-6-39-31(37)20-10-7-11-21(14-20)32-27(19-9-8-12-22(33)15-19)26(29(35)30(32)36)28(34)24-16-23(17(2)3)25(38-5)13-18(24)4/h7-17,27,33-34H,6H2,1-5H3/b28-26+. The number of hydrogen-bond donors (Lipinski definition) is 2. The number of carbonyl (C=O) groups is 3. The minimum absolute atomic E-state index is 0.0574. The van der Waals surface area contributed by atoms with Crippen molar-refractivity contribution >= 4 is 29.1 Å². The first-order valence-corrected chi connectivity index (χ1v) is 12.6. The third-order valence-corrected chi connectivity index (χ3v) is 6.72. The number of methoxy groups -OCH3 is 1. The van der Waals surface area contributed by atoms with Gasteiger partial charge in [0.25, 0.3) is 11.7 Å². The number of ketones is 1. The van der Waals surface area contributed by atoms with Gasteiger partial charge in [0, 0.05) is 11.3 Å². The topological polar surface area (TPSA) is 113 Å². The number of aliphatic hydroxyl groups is 1. The Morgan fingerprint density at radius 3 is 2.41 bits per heavy atom. The van der Waals surface area contributed by atoms with Crippen molar-refractivity contribution < 1.29 is 34.1 Å². The van der Waals surface area contributed by atoms with E-state index in [0.717, 1.165) is 5.56 Å². The lowest BCUT2D eigenvalue weighted by atomic mass is 9.91. The van der Waals surface area contributed by atoms with E-state index in [4.69, 9.17) is 9.47 Å². The highest BCUT2D eigenvalue weighted by Crippen LogP contribution is 2.44. The van der Waals surface area contributed by atoms with Gasteiger partial charge in [-0.25, -0.2) is 4.79 Å². The third kappa shape index (κ3) is 5.10. The van der Waals surface area contributed by atoms with E-state index < -0.39 is 23.7 Å². The maximum Gasteiger partial charge on any atom is 0.338 e. The summed E-state index contributed by atoms with van der Waals surface area (Å²) in [7, 11) is 1.57. The second-order valence-electron chi connectivity index (χ2n) is 9.60. The van der Waals surface area contributed by atoms with Gasteiger partial charge in [0.2, 0.25) is 0 Å². The lowest BCUT2D eigenvalue weighted by Crippen LogP contribution is -2.29. The van der Waals surface area contributed by atoms with Gasteiger partial charge in [-0.15, -0.1) is 0 Å². The zero-order valence-electron chi connectivity index (χ0n) is 22.5. The van der Waals surface area contributed by atoms with E-state index in [9.17, 15) is 24.6 Å². The molecular formula is C31H31NO7. The van der Waals surface area contributed by atoms with Crippen LogP contribution in [0.4, 0.5) is 5.69 Å². The Morgan fingerprint density at radius 2 is 1.77 bits per heavy atom. The van der Waals surface area contributed by atoms with Crippen molar-refractivity contribution in [3.05, 3.63) is 94.1 Å². The van der Waals surface area contributed by atoms with Gasteiger partial charge >= 0.3 is 5.97 Å². The van der Waals surface area contributed by atoms with Crippen molar-refractivity contribution in [2.75, 3.05) is 18.6 Å². The number of amides is 1. The number of aryl methyl sites for hydroxylation is 1. The second kappa shape index (κ2) is 11.0. The Kier molecular flexibility index (Phi) is 7.76. The first-order valence-electron chi connectivity index (χ1n) is 12.6. The molecule has 1 aliphatic heterocycles. The third-order valence-electron chi connectivity index (χ3n) is 6.72. The molecule has 4 rings (SSSR count).